The Kier molecular flexibility index (Phi) is 4.02. The number of rotatable bonds is 3. The molecule has 15 heavy (non-hydrogen) atoms. The summed E-state index contributed by atoms with van der Waals surface area (Å²) in [6.07, 6.45) is 0. The fourth-order valence-electron chi connectivity index (χ4n) is 1.73. The van der Waals surface area contributed by atoms with Gasteiger partial charge in [0.05, 0.1) is 11.7 Å². The van der Waals surface area contributed by atoms with E-state index in [1.165, 1.54) is 9.47 Å². The number of nitrogens with zero attached hydrogens (tertiary/aromatic N) is 2. The van der Waals surface area contributed by atoms with Crippen LogP contribution in [0, 0.1) is 0 Å². The minimum absolute atomic E-state index is 1.02. The first kappa shape index (κ1) is 11.4. The predicted octanol–water partition coefficient (Wildman–Crippen LogP) is 1.81. The Morgan fingerprint density at radius 1 is 1.53 bits per heavy atom. The van der Waals surface area contributed by atoms with E-state index in [-0.39, 0.29) is 0 Å². The van der Waals surface area contributed by atoms with E-state index in [2.05, 4.69) is 49.5 Å². The van der Waals surface area contributed by atoms with E-state index >= 15 is 0 Å². The predicted molar refractivity (Wildman–Crippen MR) is 69.7 cm³/mol. The van der Waals surface area contributed by atoms with E-state index in [9.17, 15) is 0 Å². The highest BCUT2D eigenvalue weighted by Gasteiger charge is 2.12. The number of nitrogens with one attached hydrogen (secondary N) is 1. The molecule has 0 amide bonds. The van der Waals surface area contributed by atoms with Gasteiger partial charge in [-0.2, -0.15) is 0 Å². The molecule has 5 heteroatoms. The van der Waals surface area contributed by atoms with Crippen LogP contribution in [0.25, 0.3) is 0 Å². The van der Waals surface area contributed by atoms with Crippen molar-refractivity contribution in [3.63, 3.8) is 0 Å². The van der Waals surface area contributed by atoms with E-state index in [4.69, 9.17) is 0 Å². The zero-order chi connectivity index (χ0) is 10.7. The third-order valence-electron chi connectivity index (χ3n) is 2.55. The van der Waals surface area contributed by atoms with Gasteiger partial charge < -0.3 is 10.2 Å². The lowest BCUT2D eigenvalue weighted by Crippen LogP contribution is -2.47. The Morgan fingerprint density at radius 3 is 2.87 bits per heavy atom. The van der Waals surface area contributed by atoms with Gasteiger partial charge in [0.15, 0.2) is 0 Å². The van der Waals surface area contributed by atoms with Gasteiger partial charge in [0, 0.05) is 43.1 Å². The second kappa shape index (κ2) is 5.30. The summed E-state index contributed by atoms with van der Waals surface area (Å²) in [5, 5.41) is 6.82. The maximum absolute atomic E-state index is 3.49. The molecule has 1 aliphatic heterocycles. The topological polar surface area (TPSA) is 18.5 Å². The summed E-state index contributed by atoms with van der Waals surface area (Å²) < 4.78 is 1.18. The molecule has 0 radical (unpaired) electrons. The van der Waals surface area contributed by atoms with Crippen LogP contribution in [0.5, 0.6) is 0 Å². The van der Waals surface area contributed by atoms with Crippen molar-refractivity contribution in [1.82, 2.24) is 10.2 Å². The molecule has 0 aromatic carbocycles. The van der Waals surface area contributed by atoms with Gasteiger partial charge in [0.2, 0.25) is 0 Å². The molecule has 0 saturated carbocycles. The molecule has 0 unspecified atom stereocenters. The second-order valence-electron chi connectivity index (χ2n) is 3.81. The second-order valence-corrected chi connectivity index (χ2v) is 5.62. The third-order valence-corrected chi connectivity index (χ3v) is 4.36. The molecule has 2 heterocycles. The first-order chi connectivity index (χ1) is 7.25. The van der Waals surface area contributed by atoms with Gasteiger partial charge in [-0.25, -0.2) is 0 Å². The monoisotopic (exact) mass is 289 g/mol. The highest BCUT2D eigenvalue weighted by molar-refractivity contribution is 9.10. The Bertz CT molecular complexity index is 309. The van der Waals surface area contributed by atoms with Crippen molar-refractivity contribution in [2.75, 3.05) is 44.8 Å². The van der Waals surface area contributed by atoms with Crippen molar-refractivity contribution in [3.8, 4) is 0 Å². The smallest absolute Gasteiger partial charge is 0.0927 e. The largest absolute Gasteiger partial charge is 0.353 e. The van der Waals surface area contributed by atoms with Crippen LogP contribution >= 0.6 is 27.3 Å². The third kappa shape index (κ3) is 3.17. The van der Waals surface area contributed by atoms with Crippen LogP contribution in [0.2, 0.25) is 0 Å². The molecule has 1 N–H and O–H groups in total. The maximum atomic E-state index is 3.49. The average Bonchev–Trinajstić information content (AvgIpc) is 2.66. The molecule has 0 spiro atoms. The molecule has 0 bridgehead atoms. The fourth-order valence-corrected chi connectivity index (χ4v) is 3.11. The Hall–Kier alpha value is -0.100. The average molecular weight is 290 g/mol. The molecule has 1 fully saturated rings. The zero-order valence-corrected chi connectivity index (χ0v) is 11.3. The number of hydrogen-bond donors (Lipinski definition) is 1. The van der Waals surface area contributed by atoms with Crippen molar-refractivity contribution < 1.29 is 0 Å². The van der Waals surface area contributed by atoms with Crippen molar-refractivity contribution in [2.45, 2.75) is 0 Å². The van der Waals surface area contributed by atoms with Crippen molar-refractivity contribution >= 4 is 32.3 Å². The SMILES string of the molecule is CN(CN1CCNCC1)c1cc(Br)cs1. The summed E-state index contributed by atoms with van der Waals surface area (Å²) in [6, 6.07) is 2.17. The quantitative estimate of drug-likeness (QED) is 0.916. The number of piperazine rings is 1. The molecule has 1 saturated heterocycles. The fraction of sp³-hybridized carbons (Fsp3) is 0.600. The molecular formula is C10H16BrN3S. The lowest BCUT2D eigenvalue weighted by atomic mass is 10.4. The van der Waals surface area contributed by atoms with Gasteiger partial charge in [0.25, 0.3) is 0 Å². The first-order valence-electron chi connectivity index (χ1n) is 5.14. The van der Waals surface area contributed by atoms with Gasteiger partial charge >= 0.3 is 0 Å². The normalized spacial score (nSPS) is 18.0. The van der Waals surface area contributed by atoms with E-state index in [1.54, 1.807) is 11.3 Å². The first-order valence-corrected chi connectivity index (χ1v) is 6.81. The Morgan fingerprint density at radius 2 is 2.27 bits per heavy atom. The van der Waals surface area contributed by atoms with Gasteiger partial charge in [-0.3, -0.25) is 4.90 Å². The minimum Gasteiger partial charge on any atom is -0.353 e. The summed E-state index contributed by atoms with van der Waals surface area (Å²) in [4.78, 5) is 4.78. The van der Waals surface area contributed by atoms with Crippen LogP contribution in [0.1, 0.15) is 0 Å². The van der Waals surface area contributed by atoms with E-state index in [1.807, 2.05) is 0 Å². The van der Waals surface area contributed by atoms with E-state index < -0.39 is 0 Å². The van der Waals surface area contributed by atoms with Crippen molar-refractivity contribution in [2.24, 2.45) is 0 Å². The lowest BCUT2D eigenvalue weighted by Gasteiger charge is -2.31. The molecule has 2 rings (SSSR count). The van der Waals surface area contributed by atoms with Crippen LogP contribution in [0.15, 0.2) is 15.9 Å². The number of anilines is 1. The summed E-state index contributed by atoms with van der Waals surface area (Å²) in [6.45, 7) is 5.55. The van der Waals surface area contributed by atoms with Crippen LogP contribution in [-0.4, -0.2) is 44.8 Å². The molecule has 84 valence electrons. The molecule has 1 aromatic rings. The van der Waals surface area contributed by atoms with Crippen molar-refractivity contribution in [3.05, 3.63) is 15.9 Å². The minimum atomic E-state index is 1.02. The molecule has 3 nitrogen and oxygen atoms in total. The Labute approximate surface area is 103 Å². The maximum Gasteiger partial charge on any atom is 0.0927 e. The number of halogens is 1. The van der Waals surface area contributed by atoms with Crippen molar-refractivity contribution in [1.29, 1.82) is 0 Å². The van der Waals surface area contributed by atoms with Gasteiger partial charge in [-0.1, -0.05) is 0 Å². The highest BCUT2D eigenvalue weighted by Crippen LogP contribution is 2.27. The summed E-state index contributed by atoms with van der Waals surface area (Å²) >= 11 is 5.27. The molecular weight excluding hydrogens is 274 g/mol. The van der Waals surface area contributed by atoms with Crippen LogP contribution in [0.3, 0.4) is 0 Å². The molecule has 0 atom stereocenters. The lowest BCUT2D eigenvalue weighted by molar-refractivity contribution is 0.244. The van der Waals surface area contributed by atoms with Gasteiger partial charge in [0.1, 0.15) is 0 Å². The number of thiophene rings is 1. The summed E-state index contributed by atoms with van der Waals surface area (Å²) in [7, 11) is 2.15. The van der Waals surface area contributed by atoms with Crippen LogP contribution in [0.4, 0.5) is 5.00 Å². The van der Waals surface area contributed by atoms with E-state index in [0.717, 1.165) is 32.8 Å². The molecule has 1 aromatic heterocycles. The molecule has 0 aliphatic carbocycles. The Balaban J connectivity index is 1.88. The summed E-state index contributed by atoms with van der Waals surface area (Å²) in [5.74, 6) is 0. The standard InChI is InChI=1S/C10H16BrN3S/c1-13(10-6-9(11)7-15-10)8-14-4-2-12-3-5-14/h6-7,12H,2-5,8H2,1H3. The summed E-state index contributed by atoms with van der Waals surface area (Å²) in [5.41, 5.74) is 0. The highest BCUT2D eigenvalue weighted by atomic mass is 79.9. The zero-order valence-electron chi connectivity index (χ0n) is 8.87. The van der Waals surface area contributed by atoms with Gasteiger partial charge in [-0.05, 0) is 22.0 Å². The van der Waals surface area contributed by atoms with Crippen LogP contribution in [-0.2, 0) is 0 Å². The van der Waals surface area contributed by atoms with Gasteiger partial charge in [-0.15, -0.1) is 11.3 Å². The van der Waals surface area contributed by atoms with E-state index in [0.29, 0.717) is 0 Å². The van der Waals surface area contributed by atoms with Crippen LogP contribution < -0.4 is 10.2 Å². The number of hydrogen-bond acceptors (Lipinski definition) is 4. The molecule has 1 aliphatic rings.